The molecule has 0 N–H and O–H groups in total. The molecule has 0 aliphatic heterocycles. The Balaban J connectivity index is 2.13. The van der Waals surface area contributed by atoms with E-state index < -0.39 is 0 Å². The third kappa shape index (κ3) is 5.42. The van der Waals surface area contributed by atoms with Gasteiger partial charge in [0, 0.05) is 22.8 Å². The maximum atomic E-state index is 10.8. The molecule has 0 spiro atoms. The van der Waals surface area contributed by atoms with Gasteiger partial charge in [-0.1, -0.05) is 6.92 Å². The molecule has 90 valence electrons. The van der Waals surface area contributed by atoms with Gasteiger partial charge in [-0.2, -0.15) is 0 Å². The number of aryl methyl sites for hydroxylation is 1. The second-order valence-corrected chi connectivity index (χ2v) is 5.75. The van der Waals surface area contributed by atoms with Gasteiger partial charge in [0.1, 0.15) is 5.78 Å². The highest BCUT2D eigenvalue weighted by molar-refractivity contribution is 7.11. The Morgan fingerprint density at radius 2 is 2.25 bits per heavy atom. The van der Waals surface area contributed by atoms with E-state index in [1.807, 2.05) is 0 Å². The molecule has 0 radical (unpaired) electrons. The molecule has 16 heavy (non-hydrogen) atoms. The minimum absolute atomic E-state index is 0.265. The number of hydrogen-bond donors (Lipinski definition) is 0. The number of hydrogen-bond acceptors (Lipinski definition) is 3. The summed E-state index contributed by atoms with van der Waals surface area (Å²) in [6, 6.07) is 4.22. The first-order chi connectivity index (χ1) is 7.58. The molecule has 0 saturated carbocycles. The van der Waals surface area contributed by atoms with Gasteiger partial charge in [-0.3, -0.25) is 0 Å². The summed E-state index contributed by atoms with van der Waals surface area (Å²) >= 11 is 1.78. The first kappa shape index (κ1) is 13.4. The predicted octanol–water partition coefficient (Wildman–Crippen LogP) is 3.58. The summed E-state index contributed by atoms with van der Waals surface area (Å²) in [6.07, 6.45) is 1.60. The average Bonchev–Trinajstić information content (AvgIpc) is 2.61. The smallest absolute Gasteiger partial charge is 0.129 e. The van der Waals surface area contributed by atoms with E-state index in [1.54, 1.807) is 18.3 Å². The van der Waals surface area contributed by atoms with Crippen LogP contribution in [0.15, 0.2) is 12.1 Å². The highest BCUT2D eigenvalue weighted by Gasteiger charge is 2.05. The maximum Gasteiger partial charge on any atom is 0.129 e. The van der Waals surface area contributed by atoms with E-state index in [9.17, 15) is 4.79 Å². The zero-order valence-electron chi connectivity index (χ0n) is 10.3. The Morgan fingerprint density at radius 3 is 2.81 bits per heavy atom. The molecule has 1 atom stereocenters. The number of carbonyl (C=O) groups is 1. The van der Waals surface area contributed by atoms with Gasteiger partial charge < -0.3 is 9.53 Å². The molecule has 1 aromatic rings. The summed E-state index contributed by atoms with van der Waals surface area (Å²) in [5.41, 5.74) is 0. The molecule has 0 amide bonds. The number of thiophene rings is 1. The van der Waals surface area contributed by atoms with Crippen molar-refractivity contribution in [2.45, 2.75) is 40.2 Å². The number of Topliss-reactive ketones (excluding diaryl/α,β-unsaturated/α-hetero) is 1. The van der Waals surface area contributed by atoms with Gasteiger partial charge in [0.2, 0.25) is 0 Å². The van der Waals surface area contributed by atoms with Gasteiger partial charge >= 0.3 is 0 Å². The monoisotopic (exact) mass is 240 g/mol. The molecule has 1 heterocycles. The first-order valence-corrected chi connectivity index (χ1v) is 6.52. The fraction of sp³-hybridized carbons (Fsp3) is 0.615. The largest absolute Gasteiger partial charge is 0.376 e. The third-order valence-electron chi connectivity index (χ3n) is 2.43. The Kier molecular flexibility index (Phi) is 5.71. The van der Waals surface area contributed by atoms with E-state index in [2.05, 4.69) is 26.0 Å². The molecule has 0 saturated heterocycles. The molecule has 0 aliphatic rings. The maximum absolute atomic E-state index is 10.8. The second-order valence-electron chi connectivity index (χ2n) is 4.37. The fourth-order valence-electron chi connectivity index (χ4n) is 1.46. The quantitative estimate of drug-likeness (QED) is 0.728. The van der Waals surface area contributed by atoms with Crippen LogP contribution in [0.3, 0.4) is 0 Å². The number of ketones is 1. The van der Waals surface area contributed by atoms with Crippen molar-refractivity contribution in [3.63, 3.8) is 0 Å². The lowest BCUT2D eigenvalue weighted by molar-refractivity contribution is -0.117. The molecule has 0 bridgehead atoms. The van der Waals surface area contributed by atoms with Crippen molar-refractivity contribution in [3.8, 4) is 0 Å². The van der Waals surface area contributed by atoms with Crippen molar-refractivity contribution in [1.82, 2.24) is 0 Å². The number of ether oxygens (including phenoxy) is 1. The van der Waals surface area contributed by atoms with Crippen LogP contribution in [0.25, 0.3) is 0 Å². The van der Waals surface area contributed by atoms with E-state index >= 15 is 0 Å². The molecule has 1 rings (SSSR count). The minimum Gasteiger partial charge on any atom is -0.376 e. The zero-order chi connectivity index (χ0) is 12.0. The Morgan fingerprint density at radius 1 is 1.50 bits per heavy atom. The Hall–Kier alpha value is -0.670. The molecule has 1 unspecified atom stereocenters. The standard InChI is InChI=1S/C13H20O2S/c1-10(4-5-11(2)14)8-15-9-13-7-6-12(3)16-13/h6-7,10H,4-5,8-9H2,1-3H3. The van der Waals surface area contributed by atoms with Crippen LogP contribution in [0.4, 0.5) is 0 Å². The molecular formula is C13H20O2S. The van der Waals surface area contributed by atoms with Crippen molar-refractivity contribution in [2.75, 3.05) is 6.61 Å². The van der Waals surface area contributed by atoms with E-state index in [0.717, 1.165) is 13.0 Å². The lowest BCUT2D eigenvalue weighted by atomic mass is 10.1. The average molecular weight is 240 g/mol. The van der Waals surface area contributed by atoms with Gasteiger partial charge in [0.15, 0.2) is 0 Å². The van der Waals surface area contributed by atoms with Crippen LogP contribution in [0.2, 0.25) is 0 Å². The van der Waals surface area contributed by atoms with Crippen LogP contribution >= 0.6 is 11.3 Å². The van der Waals surface area contributed by atoms with E-state index in [-0.39, 0.29) is 5.78 Å². The SMILES string of the molecule is CC(=O)CCC(C)COCc1ccc(C)s1. The zero-order valence-corrected chi connectivity index (χ0v) is 11.1. The molecule has 0 aromatic carbocycles. The normalized spacial score (nSPS) is 12.7. The van der Waals surface area contributed by atoms with Gasteiger partial charge in [-0.25, -0.2) is 0 Å². The lowest BCUT2D eigenvalue weighted by Gasteiger charge is -2.10. The number of rotatable bonds is 7. The van der Waals surface area contributed by atoms with Crippen molar-refractivity contribution >= 4 is 17.1 Å². The second kappa shape index (κ2) is 6.81. The van der Waals surface area contributed by atoms with Gasteiger partial charge in [-0.15, -0.1) is 11.3 Å². The highest BCUT2D eigenvalue weighted by atomic mass is 32.1. The molecule has 1 aromatic heterocycles. The predicted molar refractivity (Wildman–Crippen MR) is 67.8 cm³/mol. The molecule has 2 nitrogen and oxygen atoms in total. The molecular weight excluding hydrogens is 220 g/mol. The third-order valence-corrected chi connectivity index (χ3v) is 3.41. The van der Waals surface area contributed by atoms with Crippen LogP contribution in [0.5, 0.6) is 0 Å². The van der Waals surface area contributed by atoms with Crippen LogP contribution < -0.4 is 0 Å². The van der Waals surface area contributed by atoms with Crippen molar-refractivity contribution in [3.05, 3.63) is 21.9 Å². The summed E-state index contributed by atoms with van der Waals surface area (Å²) in [4.78, 5) is 13.4. The van der Waals surface area contributed by atoms with Crippen molar-refractivity contribution in [2.24, 2.45) is 5.92 Å². The topological polar surface area (TPSA) is 26.3 Å². The minimum atomic E-state index is 0.265. The van der Waals surface area contributed by atoms with Gasteiger partial charge in [0.05, 0.1) is 6.61 Å². The van der Waals surface area contributed by atoms with Crippen LogP contribution in [-0.4, -0.2) is 12.4 Å². The molecule has 0 aliphatic carbocycles. The van der Waals surface area contributed by atoms with E-state index in [4.69, 9.17) is 4.74 Å². The van der Waals surface area contributed by atoms with Gasteiger partial charge in [-0.05, 0) is 38.3 Å². The lowest BCUT2D eigenvalue weighted by Crippen LogP contribution is -2.07. The van der Waals surface area contributed by atoms with Crippen LogP contribution in [0, 0.1) is 12.8 Å². The first-order valence-electron chi connectivity index (χ1n) is 5.70. The van der Waals surface area contributed by atoms with Crippen molar-refractivity contribution < 1.29 is 9.53 Å². The van der Waals surface area contributed by atoms with Crippen molar-refractivity contribution in [1.29, 1.82) is 0 Å². The Bertz CT molecular complexity index is 330. The summed E-state index contributed by atoms with van der Waals surface area (Å²) < 4.78 is 5.63. The highest BCUT2D eigenvalue weighted by Crippen LogP contribution is 2.16. The fourth-order valence-corrected chi connectivity index (χ4v) is 2.28. The number of carbonyl (C=O) groups excluding carboxylic acids is 1. The summed E-state index contributed by atoms with van der Waals surface area (Å²) in [7, 11) is 0. The summed E-state index contributed by atoms with van der Waals surface area (Å²) in [5.74, 6) is 0.727. The van der Waals surface area contributed by atoms with E-state index in [1.165, 1.54) is 9.75 Å². The van der Waals surface area contributed by atoms with Crippen LogP contribution in [0.1, 0.15) is 36.4 Å². The van der Waals surface area contributed by atoms with E-state index in [0.29, 0.717) is 18.9 Å². The Labute approximate surface area is 102 Å². The molecule has 0 fully saturated rings. The molecule has 3 heteroatoms. The van der Waals surface area contributed by atoms with Crippen LogP contribution in [-0.2, 0) is 16.1 Å². The van der Waals surface area contributed by atoms with Gasteiger partial charge in [0.25, 0.3) is 0 Å². The summed E-state index contributed by atoms with van der Waals surface area (Å²) in [5, 5.41) is 0. The summed E-state index contributed by atoms with van der Waals surface area (Å²) in [6.45, 7) is 7.31.